The molecule has 0 heterocycles. The molecule has 1 unspecified atom stereocenters. The van der Waals surface area contributed by atoms with Crippen molar-refractivity contribution in [1.29, 1.82) is 0 Å². The maximum absolute atomic E-state index is 12.0. The molecule has 4 nitrogen and oxygen atoms in total. The van der Waals surface area contributed by atoms with Crippen LogP contribution in [-0.4, -0.2) is 50.4 Å². The van der Waals surface area contributed by atoms with Crippen molar-refractivity contribution in [1.82, 2.24) is 4.90 Å². The molecule has 0 amide bonds. The van der Waals surface area contributed by atoms with Crippen LogP contribution in [-0.2, 0) is 9.84 Å². The number of aliphatic hydroxyl groups is 1. The minimum atomic E-state index is -3.20. The van der Waals surface area contributed by atoms with Crippen molar-refractivity contribution >= 4 is 9.84 Å². The van der Waals surface area contributed by atoms with Crippen molar-refractivity contribution in [3.05, 3.63) is 30.3 Å². The summed E-state index contributed by atoms with van der Waals surface area (Å²) in [5.74, 6) is 0.104. The second kappa shape index (κ2) is 6.87. The number of hydrogen-bond donors (Lipinski definition) is 1. The van der Waals surface area contributed by atoms with Crippen LogP contribution in [0, 0.1) is 0 Å². The molecule has 1 aromatic carbocycles. The Morgan fingerprint density at radius 2 is 1.83 bits per heavy atom. The molecule has 18 heavy (non-hydrogen) atoms. The van der Waals surface area contributed by atoms with Gasteiger partial charge in [-0.25, -0.2) is 8.42 Å². The molecule has 0 bridgehead atoms. The van der Waals surface area contributed by atoms with Gasteiger partial charge in [0, 0.05) is 13.1 Å². The second-order valence-corrected chi connectivity index (χ2v) is 6.68. The van der Waals surface area contributed by atoms with Gasteiger partial charge in [-0.15, -0.1) is 0 Å². The lowest BCUT2D eigenvalue weighted by Crippen LogP contribution is -2.28. The minimum Gasteiger partial charge on any atom is -0.393 e. The normalized spacial score (nSPS) is 13.8. The predicted molar refractivity (Wildman–Crippen MR) is 72.3 cm³/mol. The molecular formula is C13H21NO3S. The van der Waals surface area contributed by atoms with E-state index in [1.165, 1.54) is 0 Å². The Morgan fingerprint density at radius 1 is 1.22 bits per heavy atom. The van der Waals surface area contributed by atoms with Crippen LogP contribution in [0.3, 0.4) is 0 Å². The first kappa shape index (κ1) is 15.1. The topological polar surface area (TPSA) is 57.6 Å². The predicted octanol–water partition coefficient (Wildman–Crippen LogP) is 1.16. The number of nitrogens with zero attached hydrogens (tertiary/aromatic N) is 1. The molecule has 5 heteroatoms. The van der Waals surface area contributed by atoms with Crippen LogP contribution in [0.1, 0.15) is 13.3 Å². The van der Waals surface area contributed by atoms with Crippen LogP contribution in [0.15, 0.2) is 35.2 Å². The molecule has 0 spiro atoms. The lowest BCUT2D eigenvalue weighted by atomic mass is 10.3. The Balaban J connectivity index is 2.48. The van der Waals surface area contributed by atoms with E-state index in [2.05, 4.69) is 0 Å². The quantitative estimate of drug-likeness (QED) is 0.808. The van der Waals surface area contributed by atoms with Crippen LogP contribution in [0.4, 0.5) is 0 Å². The van der Waals surface area contributed by atoms with Crippen molar-refractivity contribution in [2.45, 2.75) is 24.3 Å². The van der Waals surface area contributed by atoms with Crippen LogP contribution < -0.4 is 0 Å². The smallest absolute Gasteiger partial charge is 0.179 e. The highest BCUT2D eigenvalue weighted by atomic mass is 32.2. The van der Waals surface area contributed by atoms with Crippen molar-refractivity contribution in [2.75, 3.05) is 25.9 Å². The Labute approximate surface area is 109 Å². The zero-order valence-electron chi connectivity index (χ0n) is 10.9. The van der Waals surface area contributed by atoms with Crippen molar-refractivity contribution in [3.63, 3.8) is 0 Å². The summed E-state index contributed by atoms with van der Waals surface area (Å²) in [4.78, 5) is 2.29. The van der Waals surface area contributed by atoms with Gasteiger partial charge in [-0.1, -0.05) is 18.2 Å². The lowest BCUT2D eigenvalue weighted by molar-refractivity contribution is 0.166. The molecule has 1 aromatic rings. The number of rotatable bonds is 7. The van der Waals surface area contributed by atoms with E-state index in [1.54, 1.807) is 37.3 Å². The van der Waals surface area contributed by atoms with Crippen molar-refractivity contribution in [2.24, 2.45) is 0 Å². The fraction of sp³-hybridized carbons (Fsp3) is 0.538. The summed E-state index contributed by atoms with van der Waals surface area (Å²) >= 11 is 0. The van der Waals surface area contributed by atoms with Gasteiger partial charge < -0.3 is 10.0 Å². The number of aliphatic hydroxyl groups excluding tert-OH is 1. The van der Waals surface area contributed by atoms with E-state index in [9.17, 15) is 8.42 Å². The molecule has 0 fully saturated rings. The van der Waals surface area contributed by atoms with E-state index < -0.39 is 9.84 Å². The van der Waals surface area contributed by atoms with Crippen LogP contribution >= 0.6 is 0 Å². The van der Waals surface area contributed by atoms with Crippen molar-refractivity contribution in [3.8, 4) is 0 Å². The third-order valence-corrected chi connectivity index (χ3v) is 4.48. The molecule has 0 aromatic heterocycles. The Bertz CT molecular complexity index is 443. The van der Waals surface area contributed by atoms with Gasteiger partial charge in [0.25, 0.3) is 0 Å². The first-order valence-corrected chi connectivity index (χ1v) is 7.71. The van der Waals surface area contributed by atoms with Gasteiger partial charge in [-0.3, -0.25) is 0 Å². The molecule has 0 saturated heterocycles. The molecule has 0 aliphatic carbocycles. The van der Waals surface area contributed by atoms with E-state index in [0.29, 0.717) is 24.4 Å². The summed E-state index contributed by atoms with van der Waals surface area (Å²) in [6, 6.07) is 8.48. The number of hydrogen-bond acceptors (Lipinski definition) is 4. The molecule has 1 atom stereocenters. The highest BCUT2D eigenvalue weighted by molar-refractivity contribution is 7.91. The first-order chi connectivity index (χ1) is 8.42. The summed E-state index contributed by atoms with van der Waals surface area (Å²) < 4.78 is 24.0. The standard InChI is InChI=1S/C13H21NO3S/c1-12(15)8-9-14(2)10-11-18(16,17)13-6-4-3-5-7-13/h3-7,12,15H,8-11H2,1-2H3. The Kier molecular flexibility index (Phi) is 5.78. The largest absolute Gasteiger partial charge is 0.393 e. The zero-order valence-corrected chi connectivity index (χ0v) is 11.7. The van der Waals surface area contributed by atoms with Gasteiger partial charge in [0.1, 0.15) is 0 Å². The Morgan fingerprint density at radius 3 is 2.39 bits per heavy atom. The summed E-state index contributed by atoms with van der Waals surface area (Å²) in [7, 11) is -1.33. The SMILES string of the molecule is CC(O)CCN(C)CCS(=O)(=O)c1ccccc1. The van der Waals surface area contributed by atoms with E-state index in [-0.39, 0.29) is 11.9 Å². The molecule has 0 aliphatic heterocycles. The van der Waals surface area contributed by atoms with Gasteiger partial charge in [0.05, 0.1) is 16.8 Å². The number of sulfone groups is 1. The monoisotopic (exact) mass is 271 g/mol. The van der Waals surface area contributed by atoms with Gasteiger partial charge >= 0.3 is 0 Å². The minimum absolute atomic E-state index is 0.104. The summed E-state index contributed by atoms with van der Waals surface area (Å²) in [6.45, 7) is 2.90. The second-order valence-electron chi connectivity index (χ2n) is 4.57. The van der Waals surface area contributed by atoms with E-state index in [1.807, 2.05) is 11.9 Å². The first-order valence-electron chi connectivity index (χ1n) is 6.06. The van der Waals surface area contributed by atoms with E-state index in [4.69, 9.17) is 5.11 Å². The third-order valence-electron chi connectivity index (χ3n) is 2.77. The molecule has 1 rings (SSSR count). The fourth-order valence-corrected chi connectivity index (χ4v) is 2.90. The molecule has 0 radical (unpaired) electrons. The highest BCUT2D eigenvalue weighted by Crippen LogP contribution is 2.10. The number of benzene rings is 1. The van der Waals surface area contributed by atoms with Gasteiger partial charge in [0.15, 0.2) is 9.84 Å². The summed E-state index contributed by atoms with van der Waals surface area (Å²) in [6.07, 6.45) is 0.306. The van der Waals surface area contributed by atoms with Crippen LogP contribution in [0.2, 0.25) is 0 Å². The summed E-state index contributed by atoms with van der Waals surface area (Å²) in [5, 5.41) is 9.16. The zero-order chi connectivity index (χ0) is 13.6. The maximum atomic E-state index is 12.0. The highest BCUT2D eigenvalue weighted by Gasteiger charge is 2.14. The molecule has 0 aliphatic rings. The molecule has 1 N–H and O–H groups in total. The van der Waals surface area contributed by atoms with E-state index >= 15 is 0 Å². The summed E-state index contributed by atoms with van der Waals surface area (Å²) in [5.41, 5.74) is 0. The van der Waals surface area contributed by atoms with Gasteiger partial charge in [-0.2, -0.15) is 0 Å². The fourth-order valence-electron chi connectivity index (χ4n) is 1.54. The third kappa shape index (κ3) is 5.16. The average Bonchev–Trinajstić information content (AvgIpc) is 2.35. The van der Waals surface area contributed by atoms with Crippen LogP contribution in [0.25, 0.3) is 0 Å². The molecule has 0 saturated carbocycles. The lowest BCUT2D eigenvalue weighted by Gasteiger charge is -2.17. The maximum Gasteiger partial charge on any atom is 0.179 e. The van der Waals surface area contributed by atoms with Crippen LogP contribution in [0.5, 0.6) is 0 Å². The Hall–Kier alpha value is -0.910. The van der Waals surface area contributed by atoms with E-state index in [0.717, 1.165) is 0 Å². The van der Waals surface area contributed by atoms with Gasteiger partial charge in [-0.05, 0) is 32.5 Å². The average molecular weight is 271 g/mol. The molecular weight excluding hydrogens is 250 g/mol. The molecule has 102 valence electrons. The van der Waals surface area contributed by atoms with Crippen molar-refractivity contribution < 1.29 is 13.5 Å². The van der Waals surface area contributed by atoms with Gasteiger partial charge in [0.2, 0.25) is 0 Å².